The Morgan fingerprint density at radius 2 is 2.00 bits per heavy atom. The summed E-state index contributed by atoms with van der Waals surface area (Å²) < 4.78 is 1.70. The van der Waals surface area contributed by atoms with Crippen LogP contribution < -0.4 is 11.3 Å². The maximum atomic E-state index is 5.75. The van der Waals surface area contributed by atoms with E-state index in [0.29, 0.717) is 5.02 Å². The Labute approximate surface area is 86.3 Å². The molecular weight excluding hydrogens is 200 g/mol. The topological polar surface area (TPSA) is 55.9 Å². The molecule has 3 N–H and O–H groups in total. The highest BCUT2D eigenvalue weighted by Crippen LogP contribution is 2.14. The van der Waals surface area contributed by atoms with Crippen molar-refractivity contribution >= 4 is 17.3 Å². The predicted octanol–water partition coefficient (Wildman–Crippen LogP) is 1.81. The lowest BCUT2D eigenvalue weighted by Gasteiger charge is -2.02. The zero-order chi connectivity index (χ0) is 9.97. The highest BCUT2D eigenvalue weighted by Gasteiger charge is 1.98. The molecule has 0 bridgehead atoms. The van der Waals surface area contributed by atoms with Crippen molar-refractivity contribution in [1.29, 1.82) is 0 Å². The van der Waals surface area contributed by atoms with Gasteiger partial charge in [0.25, 0.3) is 0 Å². The van der Waals surface area contributed by atoms with Crippen LogP contribution in [-0.2, 0) is 0 Å². The lowest BCUT2D eigenvalue weighted by Crippen LogP contribution is -2.06. The van der Waals surface area contributed by atoms with E-state index < -0.39 is 0 Å². The normalized spacial score (nSPS) is 10.1. The van der Waals surface area contributed by atoms with Gasteiger partial charge in [0.15, 0.2) is 0 Å². The largest absolute Gasteiger partial charge is 0.324 e. The summed E-state index contributed by atoms with van der Waals surface area (Å²) in [6.07, 6.45) is 3.34. The quantitative estimate of drug-likeness (QED) is 0.585. The standard InChI is InChI=1S/C9H9ClN4/c10-7-5-12-14(6-7)9-3-1-8(13-11)2-4-9/h1-6,13H,11H2. The summed E-state index contributed by atoms with van der Waals surface area (Å²) in [4.78, 5) is 0. The smallest absolute Gasteiger partial charge is 0.0790 e. The van der Waals surface area contributed by atoms with Gasteiger partial charge < -0.3 is 5.43 Å². The van der Waals surface area contributed by atoms with Crippen molar-refractivity contribution in [2.24, 2.45) is 5.84 Å². The van der Waals surface area contributed by atoms with E-state index in [4.69, 9.17) is 17.4 Å². The number of rotatable bonds is 2. The molecule has 2 rings (SSSR count). The third kappa shape index (κ3) is 1.71. The molecule has 1 aromatic carbocycles. The minimum Gasteiger partial charge on any atom is -0.324 e. The Balaban J connectivity index is 2.33. The van der Waals surface area contributed by atoms with E-state index in [1.54, 1.807) is 17.1 Å². The van der Waals surface area contributed by atoms with E-state index in [9.17, 15) is 0 Å². The second-order valence-electron chi connectivity index (χ2n) is 2.79. The van der Waals surface area contributed by atoms with Crippen molar-refractivity contribution in [1.82, 2.24) is 9.78 Å². The SMILES string of the molecule is NNc1ccc(-n2cc(Cl)cn2)cc1. The Kier molecular flexibility index (Phi) is 2.39. The van der Waals surface area contributed by atoms with E-state index in [1.165, 1.54) is 0 Å². The average Bonchev–Trinajstić information content (AvgIpc) is 2.65. The molecule has 0 fully saturated rings. The van der Waals surface area contributed by atoms with Crippen LogP contribution in [0.2, 0.25) is 5.02 Å². The van der Waals surface area contributed by atoms with Crippen LogP contribution in [-0.4, -0.2) is 9.78 Å². The Hall–Kier alpha value is -1.52. The number of aromatic nitrogens is 2. The van der Waals surface area contributed by atoms with Gasteiger partial charge in [-0.1, -0.05) is 11.6 Å². The fraction of sp³-hybridized carbons (Fsp3) is 0. The Morgan fingerprint density at radius 1 is 1.29 bits per heavy atom. The molecule has 0 aliphatic heterocycles. The number of nitrogens with two attached hydrogens (primary N) is 1. The van der Waals surface area contributed by atoms with Gasteiger partial charge in [0.1, 0.15) is 0 Å². The predicted molar refractivity (Wildman–Crippen MR) is 56.4 cm³/mol. The van der Waals surface area contributed by atoms with Crippen molar-refractivity contribution in [3.63, 3.8) is 0 Å². The summed E-state index contributed by atoms with van der Waals surface area (Å²) >= 11 is 5.75. The van der Waals surface area contributed by atoms with E-state index in [2.05, 4.69) is 10.5 Å². The van der Waals surface area contributed by atoms with Crippen LogP contribution in [0.4, 0.5) is 5.69 Å². The summed E-state index contributed by atoms with van der Waals surface area (Å²) in [7, 11) is 0. The van der Waals surface area contributed by atoms with Crippen LogP contribution >= 0.6 is 11.6 Å². The molecular formula is C9H9ClN4. The molecule has 0 aliphatic rings. The molecule has 0 saturated heterocycles. The molecule has 14 heavy (non-hydrogen) atoms. The van der Waals surface area contributed by atoms with Crippen LogP contribution in [0.15, 0.2) is 36.7 Å². The van der Waals surface area contributed by atoms with Gasteiger partial charge in [-0.15, -0.1) is 0 Å². The molecule has 4 nitrogen and oxygen atoms in total. The molecule has 1 aromatic heterocycles. The molecule has 0 radical (unpaired) electrons. The van der Waals surface area contributed by atoms with Gasteiger partial charge in [0.2, 0.25) is 0 Å². The van der Waals surface area contributed by atoms with Crippen LogP contribution in [0.25, 0.3) is 5.69 Å². The summed E-state index contributed by atoms with van der Waals surface area (Å²) in [5.41, 5.74) is 4.35. The van der Waals surface area contributed by atoms with Crippen molar-refractivity contribution in [2.75, 3.05) is 5.43 Å². The molecule has 0 aliphatic carbocycles. The van der Waals surface area contributed by atoms with Crippen LogP contribution in [0.1, 0.15) is 0 Å². The molecule has 0 unspecified atom stereocenters. The first-order valence-corrected chi connectivity index (χ1v) is 4.44. The second kappa shape index (κ2) is 3.69. The molecule has 0 amide bonds. The lowest BCUT2D eigenvalue weighted by molar-refractivity contribution is 0.880. The van der Waals surface area contributed by atoms with Gasteiger partial charge in [-0.25, -0.2) is 4.68 Å². The number of hydrogen-bond acceptors (Lipinski definition) is 3. The summed E-state index contributed by atoms with van der Waals surface area (Å²) in [5.74, 6) is 5.25. The minimum absolute atomic E-state index is 0.617. The molecule has 72 valence electrons. The van der Waals surface area contributed by atoms with Gasteiger partial charge in [-0.3, -0.25) is 5.84 Å². The highest BCUT2D eigenvalue weighted by molar-refractivity contribution is 6.30. The lowest BCUT2D eigenvalue weighted by atomic mass is 10.3. The van der Waals surface area contributed by atoms with Crippen molar-refractivity contribution in [3.05, 3.63) is 41.7 Å². The Bertz CT molecular complexity index is 421. The van der Waals surface area contributed by atoms with Crippen LogP contribution in [0.5, 0.6) is 0 Å². The van der Waals surface area contributed by atoms with Crippen LogP contribution in [0, 0.1) is 0 Å². The van der Waals surface area contributed by atoms with Gasteiger partial charge in [0.05, 0.1) is 16.9 Å². The third-order valence-corrected chi connectivity index (χ3v) is 2.04. The fourth-order valence-electron chi connectivity index (χ4n) is 1.15. The Morgan fingerprint density at radius 3 is 2.50 bits per heavy atom. The first-order valence-electron chi connectivity index (χ1n) is 4.07. The average molecular weight is 209 g/mol. The first kappa shape index (κ1) is 9.05. The van der Waals surface area contributed by atoms with Gasteiger partial charge in [0, 0.05) is 11.9 Å². The first-order chi connectivity index (χ1) is 6.79. The molecule has 0 spiro atoms. The molecule has 2 aromatic rings. The van der Waals surface area contributed by atoms with E-state index >= 15 is 0 Å². The maximum Gasteiger partial charge on any atom is 0.0790 e. The third-order valence-electron chi connectivity index (χ3n) is 1.85. The number of nitrogens with one attached hydrogen (secondary N) is 1. The number of nitrogens with zero attached hydrogens (tertiary/aromatic N) is 2. The second-order valence-corrected chi connectivity index (χ2v) is 3.23. The van der Waals surface area contributed by atoms with Crippen molar-refractivity contribution in [3.8, 4) is 5.69 Å². The molecule has 1 heterocycles. The summed E-state index contributed by atoms with van der Waals surface area (Å²) in [6, 6.07) is 7.53. The number of benzene rings is 1. The summed E-state index contributed by atoms with van der Waals surface area (Å²) in [6.45, 7) is 0. The summed E-state index contributed by atoms with van der Waals surface area (Å²) in [5, 5.41) is 4.69. The number of anilines is 1. The van der Waals surface area contributed by atoms with E-state index in [-0.39, 0.29) is 0 Å². The molecule has 5 heteroatoms. The monoisotopic (exact) mass is 208 g/mol. The maximum absolute atomic E-state index is 5.75. The number of hydrazine groups is 1. The van der Waals surface area contributed by atoms with E-state index in [1.807, 2.05) is 24.3 Å². The fourth-order valence-corrected chi connectivity index (χ4v) is 1.29. The van der Waals surface area contributed by atoms with E-state index in [0.717, 1.165) is 11.4 Å². The number of hydrogen-bond donors (Lipinski definition) is 2. The van der Waals surface area contributed by atoms with Crippen LogP contribution in [0.3, 0.4) is 0 Å². The molecule has 0 atom stereocenters. The molecule has 0 saturated carbocycles. The highest BCUT2D eigenvalue weighted by atomic mass is 35.5. The van der Waals surface area contributed by atoms with Crippen molar-refractivity contribution in [2.45, 2.75) is 0 Å². The number of nitrogen functional groups attached to an aromatic ring is 1. The van der Waals surface area contributed by atoms with Gasteiger partial charge in [-0.05, 0) is 24.3 Å². The minimum atomic E-state index is 0.617. The van der Waals surface area contributed by atoms with Gasteiger partial charge >= 0.3 is 0 Å². The van der Waals surface area contributed by atoms with Crippen molar-refractivity contribution < 1.29 is 0 Å². The zero-order valence-corrected chi connectivity index (χ0v) is 8.07. The zero-order valence-electron chi connectivity index (χ0n) is 7.31. The van der Waals surface area contributed by atoms with Gasteiger partial charge in [-0.2, -0.15) is 5.10 Å². The number of halogens is 1.